The van der Waals surface area contributed by atoms with E-state index in [2.05, 4.69) is 5.32 Å². The van der Waals surface area contributed by atoms with Gasteiger partial charge in [0.05, 0.1) is 17.3 Å². The largest absolute Gasteiger partial charge is 0.454 e. The molecule has 0 radical (unpaired) electrons. The molecule has 0 saturated carbocycles. The monoisotopic (exact) mass is 327 g/mol. The summed E-state index contributed by atoms with van der Waals surface area (Å²) in [6, 6.07) is 3.26. The van der Waals surface area contributed by atoms with Gasteiger partial charge in [-0.05, 0) is 6.92 Å². The van der Waals surface area contributed by atoms with Crippen LogP contribution in [0.5, 0.6) is 11.5 Å². The number of carbonyl (C=O) groups is 2. The molecular weight excluding hydrogens is 310 g/mol. The second-order valence-electron chi connectivity index (χ2n) is 5.12. The van der Waals surface area contributed by atoms with Crippen LogP contribution in [0.25, 0.3) is 0 Å². The van der Waals surface area contributed by atoms with Crippen LogP contribution in [0.3, 0.4) is 0 Å². The second kappa shape index (κ2) is 6.31. The zero-order chi connectivity index (χ0) is 15.0. The van der Waals surface area contributed by atoms with Gasteiger partial charge in [-0.15, -0.1) is 12.4 Å². The normalized spacial score (nSPS) is 19.0. The number of amides is 2. The van der Waals surface area contributed by atoms with E-state index in [0.717, 1.165) is 0 Å². The Morgan fingerprint density at radius 2 is 2.09 bits per heavy atom. The molecule has 0 aromatic heterocycles. The molecule has 1 aromatic rings. The number of rotatable bonds is 3. The van der Waals surface area contributed by atoms with E-state index in [9.17, 15) is 9.59 Å². The number of nitrogens with zero attached hydrogens (tertiary/aromatic N) is 1. The Morgan fingerprint density at radius 3 is 2.73 bits per heavy atom. The number of halogens is 1. The SMILES string of the molecule is CCN1CC(C(=O)Nc2cc3c(cc2N)OCO3)CC1=O.Cl. The molecule has 1 fully saturated rings. The highest BCUT2D eigenvalue weighted by atomic mass is 35.5. The van der Waals surface area contributed by atoms with Crippen molar-refractivity contribution in [3.63, 3.8) is 0 Å². The lowest BCUT2D eigenvalue weighted by Crippen LogP contribution is -2.28. The Bertz CT molecular complexity index is 608. The lowest BCUT2D eigenvalue weighted by molar-refractivity contribution is -0.128. The molecule has 0 spiro atoms. The average molecular weight is 328 g/mol. The second-order valence-corrected chi connectivity index (χ2v) is 5.12. The Balaban J connectivity index is 0.00000176. The van der Waals surface area contributed by atoms with Gasteiger partial charge in [-0.1, -0.05) is 0 Å². The van der Waals surface area contributed by atoms with Crippen LogP contribution in [0.4, 0.5) is 11.4 Å². The molecule has 1 aromatic carbocycles. The van der Waals surface area contributed by atoms with Crippen molar-refractivity contribution in [3.05, 3.63) is 12.1 Å². The molecule has 2 aliphatic rings. The van der Waals surface area contributed by atoms with Crippen molar-refractivity contribution < 1.29 is 19.1 Å². The summed E-state index contributed by atoms with van der Waals surface area (Å²) in [6.45, 7) is 3.11. The number of nitrogens with two attached hydrogens (primary N) is 1. The predicted molar refractivity (Wildman–Crippen MR) is 83.2 cm³/mol. The molecule has 7 nitrogen and oxygen atoms in total. The van der Waals surface area contributed by atoms with E-state index < -0.39 is 0 Å². The Morgan fingerprint density at radius 1 is 1.41 bits per heavy atom. The number of nitrogens with one attached hydrogen (secondary N) is 1. The van der Waals surface area contributed by atoms with Crippen LogP contribution >= 0.6 is 12.4 Å². The Kier molecular flexibility index (Phi) is 4.65. The van der Waals surface area contributed by atoms with E-state index in [0.29, 0.717) is 36.0 Å². The zero-order valence-electron chi connectivity index (χ0n) is 12.1. The van der Waals surface area contributed by atoms with E-state index in [4.69, 9.17) is 15.2 Å². The summed E-state index contributed by atoms with van der Waals surface area (Å²) in [6.07, 6.45) is 0.240. The number of carbonyl (C=O) groups excluding carboxylic acids is 2. The first-order chi connectivity index (χ1) is 10.1. The summed E-state index contributed by atoms with van der Waals surface area (Å²) >= 11 is 0. The van der Waals surface area contributed by atoms with E-state index in [1.165, 1.54) is 0 Å². The molecule has 2 aliphatic heterocycles. The van der Waals surface area contributed by atoms with Crippen LogP contribution in [-0.4, -0.2) is 36.6 Å². The van der Waals surface area contributed by atoms with E-state index in [-0.39, 0.29) is 43.4 Å². The summed E-state index contributed by atoms with van der Waals surface area (Å²) in [5, 5.41) is 2.77. The molecule has 1 saturated heterocycles. The minimum Gasteiger partial charge on any atom is -0.454 e. The van der Waals surface area contributed by atoms with Crippen LogP contribution in [0, 0.1) is 5.92 Å². The molecule has 120 valence electrons. The number of hydrogen-bond donors (Lipinski definition) is 2. The van der Waals surface area contributed by atoms with Gasteiger partial charge in [0.25, 0.3) is 0 Å². The lowest BCUT2D eigenvalue weighted by Gasteiger charge is -2.14. The van der Waals surface area contributed by atoms with Crippen molar-refractivity contribution in [1.82, 2.24) is 4.90 Å². The van der Waals surface area contributed by atoms with E-state index >= 15 is 0 Å². The summed E-state index contributed by atoms with van der Waals surface area (Å²) in [5.74, 6) is 0.583. The standard InChI is InChI=1S/C14H17N3O4.ClH/c1-2-17-6-8(3-13(17)18)14(19)16-10-5-12-11(4-9(10)15)20-7-21-12;/h4-5,8H,2-3,6-7,15H2,1H3,(H,16,19);1H. The number of nitrogen functional groups attached to an aromatic ring is 1. The van der Waals surface area contributed by atoms with Gasteiger partial charge in [-0.3, -0.25) is 9.59 Å². The highest BCUT2D eigenvalue weighted by molar-refractivity contribution is 5.99. The van der Waals surface area contributed by atoms with Crippen LogP contribution in [-0.2, 0) is 9.59 Å². The fourth-order valence-corrected chi connectivity index (χ4v) is 2.55. The van der Waals surface area contributed by atoms with Crippen molar-refractivity contribution in [2.24, 2.45) is 5.92 Å². The summed E-state index contributed by atoms with van der Waals surface area (Å²) in [7, 11) is 0. The minimum atomic E-state index is -0.345. The number of hydrogen-bond acceptors (Lipinski definition) is 5. The van der Waals surface area contributed by atoms with E-state index in [1.807, 2.05) is 6.92 Å². The lowest BCUT2D eigenvalue weighted by atomic mass is 10.1. The predicted octanol–water partition coefficient (Wildman–Crippen LogP) is 1.23. The van der Waals surface area contributed by atoms with Crippen molar-refractivity contribution in [2.45, 2.75) is 13.3 Å². The fraction of sp³-hybridized carbons (Fsp3) is 0.429. The van der Waals surface area contributed by atoms with Crippen LogP contribution in [0.1, 0.15) is 13.3 Å². The van der Waals surface area contributed by atoms with Crippen molar-refractivity contribution >= 4 is 35.6 Å². The zero-order valence-corrected chi connectivity index (χ0v) is 12.9. The minimum absolute atomic E-state index is 0. The van der Waals surface area contributed by atoms with Gasteiger partial charge in [0, 0.05) is 31.6 Å². The van der Waals surface area contributed by atoms with Gasteiger partial charge in [-0.25, -0.2) is 0 Å². The number of fused-ring (bicyclic) bond motifs is 1. The Labute approximate surface area is 134 Å². The summed E-state index contributed by atoms with van der Waals surface area (Å²) < 4.78 is 10.5. The van der Waals surface area contributed by atoms with Crippen LogP contribution in [0.2, 0.25) is 0 Å². The topological polar surface area (TPSA) is 93.9 Å². The molecule has 2 heterocycles. The van der Waals surface area contributed by atoms with Crippen molar-refractivity contribution in [1.29, 1.82) is 0 Å². The third-order valence-corrected chi connectivity index (χ3v) is 3.77. The van der Waals surface area contributed by atoms with Gasteiger partial charge in [0.15, 0.2) is 11.5 Å². The van der Waals surface area contributed by atoms with Gasteiger partial charge in [0.1, 0.15) is 0 Å². The van der Waals surface area contributed by atoms with Gasteiger partial charge in [0.2, 0.25) is 18.6 Å². The molecule has 2 amide bonds. The quantitative estimate of drug-likeness (QED) is 0.814. The Hall–Kier alpha value is -2.15. The molecule has 22 heavy (non-hydrogen) atoms. The van der Waals surface area contributed by atoms with Gasteiger partial charge >= 0.3 is 0 Å². The number of benzene rings is 1. The first-order valence-corrected chi connectivity index (χ1v) is 6.86. The maximum Gasteiger partial charge on any atom is 0.231 e. The molecule has 3 N–H and O–H groups in total. The van der Waals surface area contributed by atoms with Gasteiger partial charge < -0.3 is 25.4 Å². The molecule has 0 aliphatic carbocycles. The maximum atomic E-state index is 12.3. The molecular formula is C14H18ClN3O4. The highest BCUT2D eigenvalue weighted by Gasteiger charge is 2.33. The average Bonchev–Trinajstić information content (AvgIpc) is 3.05. The first kappa shape index (κ1) is 16.2. The number of likely N-dealkylation sites (tertiary alicyclic amines) is 1. The maximum absolute atomic E-state index is 12.3. The molecule has 1 atom stereocenters. The van der Waals surface area contributed by atoms with Crippen LogP contribution < -0.4 is 20.5 Å². The van der Waals surface area contributed by atoms with Crippen molar-refractivity contribution in [3.8, 4) is 11.5 Å². The molecule has 3 rings (SSSR count). The fourth-order valence-electron chi connectivity index (χ4n) is 2.55. The van der Waals surface area contributed by atoms with Crippen LogP contribution in [0.15, 0.2) is 12.1 Å². The molecule has 0 bridgehead atoms. The number of anilines is 2. The highest BCUT2D eigenvalue weighted by Crippen LogP contribution is 2.38. The van der Waals surface area contributed by atoms with Gasteiger partial charge in [-0.2, -0.15) is 0 Å². The van der Waals surface area contributed by atoms with E-state index in [1.54, 1.807) is 17.0 Å². The number of ether oxygens (including phenoxy) is 2. The smallest absolute Gasteiger partial charge is 0.231 e. The third kappa shape index (κ3) is 2.89. The summed E-state index contributed by atoms with van der Waals surface area (Å²) in [4.78, 5) is 25.6. The first-order valence-electron chi connectivity index (χ1n) is 6.86. The molecule has 8 heteroatoms. The molecule has 1 unspecified atom stereocenters. The third-order valence-electron chi connectivity index (χ3n) is 3.77. The summed E-state index contributed by atoms with van der Waals surface area (Å²) in [5.41, 5.74) is 6.78. The van der Waals surface area contributed by atoms with Crippen molar-refractivity contribution in [2.75, 3.05) is 30.9 Å².